The Morgan fingerprint density at radius 1 is 1.25 bits per heavy atom. The van der Waals surface area contributed by atoms with Gasteiger partial charge in [-0.3, -0.25) is 4.79 Å². The van der Waals surface area contributed by atoms with Crippen LogP contribution in [-0.4, -0.2) is 25.5 Å². The van der Waals surface area contributed by atoms with Gasteiger partial charge in [-0.05, 0) is 31.4 Å². The van der Waals surface area contributed by atoms with Gasteiger partial charge in [0.05, 0.1) is 11.3 Å². The van der Waals surface area contributed by atoms with Gasteiger partial charge in [0.25, 0.3) is 0 Å². The fourth-order valence-corrected chi connectivity index (χ4v) is 3.21. The molecule has 0 spiro atoms. The van der Waals surface area contributed by atoms with Gasteiger partial charge in [-0.25, -0.2) is 13.1 Å². The molecule has 5 nitrogen and oxygen atoms in total. The first-order valence-corrected chi connectivity index (χ1v) is 8.00. The fourth-order valence-electron chi connectivity index (χ4n) is 1.96. The molecule has 20 heavy (non-hydrogen) atoms. The third kappa shape index (κ3) is 5.30. The van der Waals surface area contributed by atoms with Crippen molar-refractivity contribution in [1.82, 2.24) is 4.72 Å². The molecule has 0 saturated carbocycles. The van der Waals surface area contributed by atoms with Crippen LogP contribution in [0.1, 0.15) is 32.3 Å². The molecule has 0 heterocycles. The Morgan fingerprint density at radius 3 is 2.25 bits per heavy atom. The van der Waals surface area contributed by atoms with Crippen molar-refractivity contribution in [3.63, 3.8) is 0 Å². The largest absolute Gasteiger partial charge is 0.481 e. The van der Waals surface area contributed by atoms with Crippen molar-refractivity contribution in [3.8, 4) is 0 Å². The Morgan fingerprint density at radius 2 is 1.80 bits per heavy atom. The second-order valence-corrected chi connectivity index (χ2v) is 7.07. The lowest BCUT2D eigenvalue weighted by Crippen LogP contribution is -2.37. The average Bonchev–Trinajstić information content (AvgIpc) is 2.26. The van der Waals surface area contributed by atoms with E-state index in [9.17, 15) is 13.2 Å². The van der Waals surface area contributed by atoms with Crippen LogP contribution in [0.15, 0.2) is 29.2 Å². The van der Waals surface area contributed by atoms with Gasteiger partial charge in [0.15, 0.2) is 0 Å². The summed E-state index contributed by atoms with van der Waals surface area (Å²) in [4.78, 5) is 11.0. The summed E-state index contributed by atoms with van der Waals surface area (Å²) < 4.78 is 26.9. The summed E-state index contributed by atoms with van der Waals surface area (Å²) >= 11 is 0. The van der Waals surface area contributed by atoms with Crippen molar-refractivity contribution >= 4 is 16.0 Å². The lowest BCUT2D eigenvalue weighted by Gasteiger charge is -2.19. The molecule has 0 aliphatic carbocycles. The highest BCUT2D eigenvalue weighted by Crippen LogP contribution is 2.14. The van der Waals surface area contributed by atoms with Gasteiger partial charge < -0.3 is 5.11 Å². The average molecular weight is 299 g/mol. The molecule has 1 aromatic carbocycles. The second-order valence-electron chi connectivity index (χ2n) is 5.36. The molecule has 112 valence electrons. The molecule has 0 aliphatic heterocycles. The van der Waals surface area contributed by atoms with Crippen LogP contribution >= 0.6 is 0 Å². The van der Waals surface area contributed by atoms with E-state index in [2.05, 4.69) is 4.72 Å². The number of hydrogen-bond donors (Lipinski definition) is 2. The quantitative estimate of drug-likeness (QED) is 0.808. The van der Waals surface area contributed by atoms with E-state index < -0.39 is 22.0 Å². The predicted octanol–water partition coefficient (Wildman–Crippen LogP) is 2.16. The SMILES string of the molecule is Cc1ccc(S(=O)(=O)N[C@H](CC(=O)O)CC(C)C)cc1. The van der Waals surface area contributed by atoms with Crippen LogP contribution in [0.5, 0.6) is 0 Å². The summed E-state index contributed by atoms with van der Waals surface area (Å²) in [5, 5.41) is 8.87. The summed E-state index contributed by atoms with van der Waals surface area (Å²) in [5.41, 5.74) is 0.966. The maximum absolute atomic E-state index is 12.2. The second kappa shape index (κ2) is 6.85. The number of hydrogen-bond acceptors (Lipinski definition) is 3. The molecular formula is C14H21NO4S. The molecule has 0 unspecified atom stereocenters. The molecule has 0 fully saturated rings. The highest BCUT2D eigenvalue weighted by molar-refractivity contribution is 7.89. The molecule has 1 rings (SSSR count). The first-order valence-electron chi connectivity index (χ1n) is 6.51. The number of rotatable bonds is 7. The fraction of sp³-hybridized carbons (Fsp3) is 0.500. The number of aliphatic carboxylic acids is 1. The smallest absolute Gasteiger partial charge is 0.304 e. The number of aryl methyl sites for hydroxylation is 1. The van der Waals surface area contributed by atoms with E-state index in [1.165, 1.54) is 12.1 Å². The maximum Gasteiger partial charge on any atom is 0.304 e. The summed E-state index contributed by atoms with van der Waals surface area (Å²) in [7, 11) is -3.68. The zero-order valence-electron chi connectivity index (χ0n) is 12.0. The Kier molecular flexibility index (Phi) is 5.71. The molecule has 0 aliphatic rings. The molecule has 6 heteroatoms. The number of carboxylic acid groups (broad SMARTS) is 1. The van der Waals surface area contributed by atoms with Crippen LogP contribution < -0.4 is 4.72 Å². The van der Waals surface area contributed by atoms with Crippen LogP contribution in [0.3, 0.4) is 0 Å². The number of nitrogens with one attached hydrogen (secondary N) is 1. The number of carbonyl (C=O) groups is 1. The Bertz CT molecular complexity index is 549. The van der Waals surface area contributed by atoms with E-state index in [0.29, 0.717) is 6.42 Å². The molecule has 0 amide bonds. The summed E-state index contributed by atoms with van der Waals surface area (Å²) in [6, 6.07) is 5.86. The minimum Gasteiger partial charge on any atom is -0.481 e. The van der Waals surface area contributed by atoms with E-state index in [0.717, 1.165) is 5.56 Å². The zero-order valence-corrected chi connectivity index (χ0v) is 12.8. The highest BCUT2D eigenvalue weighted by Gasteiger charge is 2.22. The molecular weight excluding hydrogens is 278 g/mol. The van der Waals surface area contributed by atoms with Crippen LogP contribution in [0, 0.1) is 12.8 Å². The van der Waals surface area contributed by atoms with E-state index in [-0.39, 0.29) is 17.2 Å². The van der Waals surface area contributed by atoms with Crippen molar-refractivity contribution < 1.29 is 18.3 Å². The molecule has 1 atom stereocenters. The molecule has 0 radical (unpaired) electrons. The minimum atomic E-state index is -3.68. The van der Waals surface area contributed by atoms with Gasteiger partial charge in [0.1, 0.15) is 0 Å². The third-order valence-electron chi connectivity index (χ3n) is 2.83. The van der Waals surface area contributed by atoms with Crippen LogP contribution in [0.4, 0.5) is 0 Å². The van der Waals surface area contributed by atoms with Crippen LogP contribution in [0.25, 0.3) is 0 Å². The third-order valence-corrected chi connectivity index (χ3v) is 4.37. The van der Waals surface area contributed by atoms with E-state index in [4.69, 9.17) is 5.11 Å². The van der Waals surface area contributed by atoms with Crippen molar-refractivity contribution in [2.24, 2.45) is 5.92 Å². The number of carboxylic acids is 1. The monoisotopic (exact) mass is 299 g/mol. The molecule has 0 aromatic heterocycles. The normalized spacial score (nSPS) is 13.4. The van der Waals surface area contributed by atoms with E-state index in [1.807, 2.05) is 20.8 Å². The number of benzene rings is 1. The lowest BCUT2D eigenvalue weighted by atomic mass is 10.0. The first-order chi connectivity index (χ1) is 9.20. The van der Waals surface area contributed by atoms with Gasteiger partial charge in [0, 0.05) is 6.04 Å². The number of sulfonamides is 1. The van der Waals surface area contributed by atoms with Gasteiger partial charge >= 0.3 is 5.97 Å². The summed E-state index contributed by atoms with van der Waals surface area (Å²) in [5.74, 6) is -0.803. The lowest BCUT2D eigenvalue weighted by molar-refractivity contribution is -0.137. The topological polar surface area (TPSA) is 83.5 Å². The van der Waals surface area contributed by atoms with Crippen molar-refractivity contribution in [1.29, 1.82) is 0 Å². The molecule has 0 bridgehead atoms. The van der Waals surface area contributed by atoms with Crippen LogP contribution in [0.2, 0.25) is 0 Å². The van der Waals surface area contributed by atoms with Crippen LogP contribution in [-0.2, 0) is 14.8 Å². The van der Waals surface area contributed by atoms with Crippen molar-refractivity contribution in [2.75, 3.05) is 0 Å². The standard InChI is InChI=1S/C14H21NO4S/c1-10(2)8-12(9-14(16)17)15-20(18,19)13-6-4-11(3)5-7-13/h4-7,10,12,15H,8-9H2,1-3H3,(H,16,17)/t12-/m0/s1. The Balaban J connectivity index is 2.90. The van der Waals surface area contributed by atoms with Gasteiger partial charge in [-0.1, -0.05) is 31.5 Å². The van der Waals surface area contributed by atoms with E-state index >= 15 is 0 Å². The van der Waals surface area contributed by atoms with Crippen molar-refractivity contribution in [2.45, 2.75) is 44.6 Å². The highest BCUT2D eigenvalue weighted by atomic mass is 32.2. The molecule has 1 aromatic rings. The molecule has 0 saturated heterocycles. The van der Waals surface area contributed by atoms with Crippen molar-refractivity contribution in [3.05, 3.63) is 29.8 Å². The van der Waals surface area contributed by atoms with Gasteiger partial charge in [0.2, 0.25) is 10.0 Å². The van der Waals surface area contributed by atoms with Gasteiger partial charge in [-0.15, -0.1) is 0 Å². The Labute approximate surface area is 120 Å². The van der Waals surface area contributed by atoms with Gasteiger partial charge in [-0.2, -0.15) is 0 Å². The zero-order chi connectivity index (χ0) is 15.3. The summed E-state index contributed by atoms with van der Waals surface area (Å²) in [6.45, 7) is 5.72. The minimum absolute atomic E-state index is 0.155. The Hall–Kier alpha value is -1.40. The van der Waals surface area contributed by atoms with E-state index in [1.54, 1.807) is 12.1 Å². The predicted molar refractivity (Wildman–Crippen MR) is 77.0 cm³/mol. The first kappa shape index (κ1) is 16.7. The molecule has 2 N–H and O–H groups in total. The summed E-state index contributed by atoms with van der Waals surface area (Å²) in [6.07, 6.45) is 0.265. The maximum atomic E-state index is 12.2.